The van der Waals surface area contributed by atoms with E-state index >= 15 is 0 Å². The van der Waals surface area contributed by atoms with Crippen LogP contribution in [0.2, 0.25) is 0 Å². The summed E-state index contributed by atoms with van der Waals surface area (Å²) in [5.41, 5.74) is 1.49. The summed E-state index contributed by atoms with van der Waals surface area (Å²) in [6, 6.07) is 9.90. The Morgan fingerprint density at radius 3 is 2.75 bits per heavy atom. The molecule has 0 atom stereocenters. The summed E-state index contributed by atoms with van der Waals surface area (Å²) in [5.74, 6) is -1.45. The van der Waals surface area contributed by atoms with Crippen LogP contribution in [0, 0.1) is 18.2 Å². The number of rotatable bonds is 6. The summed E-state index contributed by atoms with van der Waals surface area (Å²) in [4.78, 5) is 25.2. The number of hydrogen-bond donors (Lipinski definition) is 1. The number of nitrogens with zero attached hydrogens (tertiary/aromatic N) is 3. The van der Waals surface area contributed by atoms with Crippen molar-refractivity contribution in [3.8, 4) is 16.9 Å². The van der Waals surface area contributed by atoms with Gasteiger partial charge in [0.25, 0.3) is 0 Å². The summed E-state index contributed by atoms with van der Waals surface area (Å²) in [6.07, 6.45) is 3.28. The molecule has 2 aromatic carbocycles. The molecule has 1 N–H and O–H groups in total. The minimum absolute atomic E-state index is 0.195. The Morgan fingerprint density at radius 2 is 2.06 bits per heavy atom. The maximum Gasteiger partial charge on any atom is 0.321 e. The van der Waals surface area contributed by atoms with Crippen LogP contribution in [0.3, 0.4) is 0 Å². The average molecular weight is 501 g/mol. The number of benzene rings is 2. The van der Waals surface area contributed by atoms with Gasteiger partial charge in [-0.05, 0) is 62.6 Å². The summed E-state index contributed by atoms with van der Waals surface area (Å²) >= 11 is 3.49. The Bertz CT molecular complexity index is 1190. The topological polar surface area (TPSA) is 86.1 Å². The fourth-order valence-corrected chi connectivity index (χ4v) is 4.08. The predicted molar refractivity (Wildman–Crippen MR) is 121 cm³/mol. The first-order valence-electron chi connectivity index (χ1n) is 10.3. The number of aromatic nitrogens is 3. The van der Waals surface area contributed by atoms with Crippen LogP contribution in [0.1, 0.15) is 31.7 Å². The average Bonchev–Trinajstić information content (AvgIpc) is 3.20. The molecule has 1 amide bonds. The number of nitrogens with one attached hydrogen (secondary N) is 1. The number of halogens is 2. The van der Waals surface area contributed by atoms with Crippen LogP contribution >= 0.6 is 15.9 Å². The van der Waals surface area contributed by atoms with E-state index in [2.05, 4.69) is 31.6 Å². The highest BCUT2D eigenvalue weighted by Crippen LogP contribution is 2.43. The Hall–Kier alpha value is -3.07. The summed E-state index contributed by atoms with van der Waals surface area (Å²) < 4.78 is 22.2. The zero-order valence-electron chi connectivity index (χ0n) is 17.7. The maximum atomic E-state index is 14.6. The molecule has 0 aliphatic heterocycles. The van der Waals surface area contributed by atoms with Crippen LogP contribution < -0.4 is 5.32 Å². The van der Waals surface area contributed by atoms with Gasteiger partial charge in [-0.1, -0.05) is 33.6 Å². The Kier molecular flexibility index (Phi) is 6.10. The fraction of sp³-hybridized carbons (Fsp3) is 0.304. The lowest BCUT2D eigenvalue weighted by molar-refractivity contribution is -0.165. The van der Waals surface area contributed by atoms with Gasteiger partial charge in [0.2, 0.25) is 5.91 Å². The van der Waals surface area contributed by atoms with E-state index in [1.54, 1.807) is 17.8 Å². The molecule has 1 aliphatic carbocycles. The molecule has 32 heavy (non-hydrogen) atoms. The molecule has 1 aliphatic rings. The molecule has 0 spiro atoms. The van der Waals surface area contributed by atoms with Crippen molar-refractivity contribution in [2.24, 2.45) is 5.41 Å². The van der Waals surface area contributed by atoms with Crippen LogP contribution in [0.25, 0.3) is 16.9 Å². The molecule has 1 fully saturated rings. The molecule has 7 nitrogen and oxygen atoms in total. The van der Waals surface area contributed by atoms with Gasteiger partial charge in [0.15, 0.2) is 0 Å². The lowest BCUT2D eigenvalue weighted by Gasteiger charge is -2.37. The third-order valence-electron chi connectivity index (χ3n) is 5.79. The van der Waals surface area contributed by atoms with Gasteiger partial charge in [-0.3, -0.25) is 9.59 Å². The van der Waals surface area contributed by atoms with E-state index in [-0.39, 0.29) is 12.2 Å². The van der Waals surface area contributed by atoms with E-state index < -0.39 is 23.1 Å². The maximum absolute atomic E-state index is 14.6. The van der Waals surface area contributed by atoms with Crippen molar-refractivity contribution in [3.05, 3.63) is 58.4 Å². The van der Waals surface area contributed by atoms with Gasteiger partial charge in [0.05, 0.1) is 18.5 Å². The first kappa shape index (κ1) is 22.1. The number of anilines is 1. The van der Waals surface area contributed by atoms with Crippen molar-refractivity contribution in [3.63, 3.8) is 0 Å². The molecule has 1 heterocycles. The van der Waals surface area contributed by atoms with E-state index in [1.807, 2.05) is 25.1 Å². The molecule has 1 saturated carbocycles. The molecule has 0 bridgehead atoms. The number of ether oxygens (including phenoxy) is 1. The molecule has 1 aromatic heterocycles. The van der Waals surface area contributed by atoms with Gasteiger partial charge in [-0.15, -0.1) is 5.10 Å². The highest BCUT2D eigenvalue weighted by atomic mass is 79.9. The third-order valence-corrected chi connectivity index (χ3v) is 6.65. The zero-order chi connectivity index (χ0) is 22.9. The van der Waals surface area contributed by atoms with E-state index in [9.17, 15) is 14.0 Å². The minimum Gasteiger partial charge on any atom is -0.465 e. The molecule has 0 unspecified atom stereocenters. The van der Waals surface area contributed by atoms with E-state index in [1.165, 1.54) is 18.2 Å². The van der Waals surface area contributed by atoms with E-state index in [4.69, 9.17) is 4.74 Å². The monoisotopic (exact) mass is 500 g/mol. The zero-order valence-corrected chi connectivity index (χ0v) is 19.3. The number of carbonyl (C=O) groups excluding carboxylic acids is 2. The largest absolute Gasteiger partial charge is 0.465 e. The van der Waals surface area contributed by atoms with Crippen LogP contribution in [0.4, 0.5) is 10.1 Å². The molecule has 0 radical (unpaired) electrons. The van der Waals surface area contributed by atoms with Gasteiger partial charge in [-0.2, -0.15) is 0 Å². The second kappa shape index (κ2) is 8.82. The minimum atomic E-state index is -1.17. The molecular weight excluding hydrogens is 479 g/mol. The van der Waals surface area contributed by atoms with Crippen LogP contribution in [0.15, 0.2) is 47.1 Å². The van der Waals surface area contributed by atoms with Gasteiger partial charge >= 0.3 is 5.97 Å². The highest BCUT2D eigenvalue weighted by Gasteiger charge is 2.52. The second-order valence-electron chi connectivity index (χ2n) is 7.74. The molecule has 9 heteroatoms. The summed E-state index contributed by atoms with van der Waals surface area (Å²) in [5, 5.41) is 11.0. The number of hydrogen-bond acceptors (Lipinski definition) is 5. The SMILES string of the molecule is CCOC(=O)C1(C(=O)Nc2ccc(F)c(-c3cn(-c4cccc(Br)c4C)nn3)c2)CCC1. The molecule has 3 aromatic rings. The third kappa shape index (κ3) is 3.92. The second-order valence-corrected chi connectivity index (χ2v) is 8.59. The number of carbonyl (C=O) groups is 2. The van der Waals surface area contributed by atoms with Crippen molar-refractivity contribution in [1.82, 2.24) is 15.0 Å². The Balaban J connectivity index is 1.60. The predicted octanol–water partition coefficient (Wildman–Crippen LogP) is 4.82. The number of amides is 1. The molecule has 4 rings (SSSR count). The summed E-state index contributed by atoms with van der Waals surface area (Å²) in [7, 11) is 0. The molecule has 166 valence electrons. The summed E-state index contributed by atoms with van der Waals surface area (Å²) in [6.45, 7) is 3.86. The lowest BCUT2D eigenvalue weighted by Crippen LogP contribution is -2.49. The van der Waals surface area contributed by atoms with E-state index in [0.29, 0.717) is 24.2 Å². The fourth-order valence-electron chi connectivity index (χ4n) is 3.72. The lowest BCUT2D eigenvalue weighted by atomic mass is 9.68. The normalized spacial score (nSPS) is 14.5. The van der Waals surface area contributed by atoms with Crippen molar-refractivity contribution in [1.29, 1.82) is 0 Å². The van der Waals surface area contributed by atoms with Gasteiger partial charge in [0, 0.05) is 15.7 Å². The van der Waals surface area contributed by atoms with Gasteiger partial charge < -0.3 is 10.1 Å². The molecule has 0 saturated heterocycles. The first-order chi connectivity index (χ1) is 15.4. The van der Waals surface area contributed by atoms with Crippen LogP contribution in [-0.2, 0) is 14.3 Å². The Labute approximate surface area is 193 Å². The van der Waals surface area contributed by atoms with Crippen molar-refractivity contribution < 1.29 is 18.7 Å². The Morgan fingerprint density at radius 1 is 1.28 bits per heavy atom. The standard InChI is InChI=1S/C23H22BrFN4O3/c1-3-32-22(31)23(10-5-11-23)21(30)26-15-8-9-18(25)16(12-15)19-13-29(28-27-19)20-7-4-6-17(24)14(20)2/h4,6-9,12-13H,3,5,10-11H2,1-2H3,(H,26,30). The highest BCUT2D eigenvalue weighted by molar-refractivity contribution is 9.10. The number of esters is 1. The van der Waals surface area contributed by atoms with E-state index in [0.717, 1.165) is 22.1 Å². The smallest absolute Gasteiger partial charge is 0.321 e. The van der Waals surface area contributed by atoms with Gasteiger partial charge in [-0.25, -0.2) is 9.07 Å². The molecular formula is C23H22BrFN4O3. The van der Waals surface area contributed by atoms with Crippen molar-refractivity contribution in [2.45, 2.75) is 33.1 Å². The quantitative estimate of drug-likeness (QED) is 0.387. The van der Waals surface area contributed by atoms with Crippen molar-refractivity contribution in [2.75, 3.05) is 11.9 Å². The van der Waals surface area contributed by atoms with Crippen LogP contribution in [0.5, 0.6) is 0 Å². The first-order valence-corrected chi connectivity index (χ1v) is 11.1. The van der Waals surface area contributed by atoms with Crippen molar-refractivity contribution >= 4 is 33.5 Å². The van der Waals surface area contributed by atoms with Crippen LogP contribution in [-0.4, -0.2) is 33.5 Å². The van der Waals surface area contributed by atoms with Gasteiger partial charge in [0.1, 0.15) is 16.9 Å².